The number of anilines is 1. The van der Waals surface area contributed by atoms with Crippen LogP contribution in [0.3, 0.4) is 0 Å². The van der Waals surface area contributed by atoms with Crippen molar-refractivity contribution in [3.63, 3.8) is 0 Å². The second-order valence-corrected chi connectivity index (χ2v) is 4.75. The van der Waals surface area contributed by atoms with Crippen LogP contribution >= 0.6 is 0 Å². The summed E-state index contributed by atoms with van der Waals surface area (Å²) in [5, 5.41) is 8.79. The maximum Gasteiger partial charge on any atom is 0.200 e. The summed E-state index contributed by atoms with van der Waals surface area (Å²) < 4.78 is 125. The van der Waals surface area contributed by atoms with Gasteiger partial charge in [0, 0.05) is 0 Å². The fourth-order valence-corrected chi connectivity index (χ4v) is 1.72. The van der Waals surface area contributed by atoms with E-state index in [0.29, 0.717) is 0 Å². The summed E-state index contributed by atoms with van der Waals surface area (Å²) in [5.74, 6) is -16.1. The topological polar surface area (TPSA) is 58.3 Å². The quantitative estimate of drug-likeness (QED) is 0.230. The first-order valence-electron chi connectivity index (χ1n) is 6.55. The maximum atomic E-state index is 12.8. The maximum absolute atomic E-state index is 12.8. The van der Waals surface area contributed by atoms with E-state index in [-0.39, 0.29) is 0 Å². The number of nitrogens with two attached hydrogens (primary N) is 1. The van der Waals surface area contributed by atoms with Crippen LogP contribution in [0.4, 0.5) is 49.6 Å². The van der Waals surface area contributed by atoms with E-state index in [4.69, 9.17) is 5.11 Å². The lowest BCUT2D eigenvalue weighted by Crippen LogP contribution is -2.14. The average Bonchev–Trinajstić information content (AvgIpc) is 2.62. The number of halogens is 10. The standard InChI is InChI=1S/C8H5F5O.C6H3F5N2/c1-2(14)3-4(9)6(11)8(13)7(12)5(3)10;7-1-2(8)4(10)6(13-12)5(11)3(1)9/h2,14H,1H3;13H,12H2. The Morgan fingerprint density at radius 3 is 1.11 bits per heavy atom. The zero-order valence-electron chi connectivity index (χ0n) is 12.9. The normalized spacial score (nSPS) is 11.7. The van der Waals surface area contributed by atoms with Gasteiger partial charge in [0.1, 0.15) is 5.69 Å². The van der Waals surface area contributed by atoms with Gasteiger partial charge in [-0.05, 0) is 6.92 Å². The van der Waals surface area contributed by atoms with Gasteiger partial charge < -0.3 is 10.5 Å². The molecule has 0 aromatic heterocycles. The Bertz CT molecular complexity index is 814. The molecule has 150 valence electrons. The summed E-state index contributed by atoms with van der Waals surface area (Å²) in [7, 11) is 0. The summed E-state index contributed by atoms with van der Waals surface area (Å²) in [5.41, 5.74) is -1.10. The lowest BCUT2D eigenvalue weighted by molar-refractivity contribution is 0.183. The van der Waals surface area contributed by atoms with Crippen molar-refractivity contribution in [3.8, 4) is 0 Å². The smallest absolute Gasteiger partial charge is 0.200 e. The largest absolute Gasteiger partial charge is 0.388 e. The number of rotatable bonds is 2. The highest BCUT2D eigenvalue weighted by atomic mass is 19.2. The van der Waals surface area contributed by atoms with Crippen LogP contribution in [0.15, 0.2) is 0 Å². The third-order valence-corrected chi connectivity index (χ3v) is 3.02. The van der Waals surface area contributed by atoms with Crippen LogP contribution in [0.25, 0.3) is 0 Å². The van der Waals surface area contributed by atoms with Crippen LogP contribution < -0.4 is 11.3 Å². The molecule has 2 aromatic carbocycles. The molecule has 4 N–H and O–H groups in total. The molecule has 0 amide bonds. The van der Waals surface area contributed by atoms with Crippen LogP contribution in [0.2, 0.25) is 0 Å². The van der Waals surface area contributed by atoms with Gasteiger partial charge in [-0.15, -0.1) is 0 Å². The van der Waals surface area contributed by atoms with Gasteiger partial charge in [-0.3, -0.25) is 5.84 Å². The van der Waals surface area contributed by atoms with Crippen molar-refractivity contribution in [1.29, 1.82) is 0 Å². The number of nitrogens with one attached hydrogen (secondary N) is 1. The van der Waals surface area contributed by atoms with Gasteiger partial charge in [0.25, 0.3) is 0 Å². The molecule has 27 heavy (non-hydrogen) atoms. The number of hydrogen-bond donors (Lipinski definition) is 3. The number of aliphatic hydroxyl groups is 1. The predicted molar refractivity (Wildman–Crippen MR) is 70.9 cm³/mol. The van der Waals surface area contributed by atoms with Gasteiger partial charge in [0.05, 0.1) is 11.7 Å². The number of hydrazine groups is 1. The lowest BCUT2D eigenvalue weighted by atomic mass is 10.1. The van der Waals surface area contributed by atoms with Gasteiger partial charge in [-0.25, -0.2) is 43.9 Å². The number of hydrogen-bond acceptors (Lipinski definition) is 3. The molecule has 0 fully saturated rings. The van der Waals surface area contributed by atoms with Crippen molar-refractivity contribution in [2.75, 3.05) is 5.43 Å². The summed E-state index contributed by atoms with van der Waals surface area (Å²) in [4.78, 5) is 0. The van der Waals surface area contributed by atoms with Crippen molar-refractivity contribution in [2.24, 2.45) is 5.84 Å². The van der Waals surface area contributed by atoms with E-state index in [0.717, 1.165) is 6.92 Å². The second-order valence-electron chi connectivity index (χ2n) is 4.75. The Labute approximate surface area is 144 Å². The zero-order chi connectivity index (χ0) is 21.2. The molecule has 0 heterocycles. The average molecular weight is 410 g/mol. The SMILES string of the molecule is CC(O)c1c(F)c(F)c(F)c(F)c1F.NNc1c(F)c(F)c(F)c(F)c1F. The highest BCUT2D eigenvalue weighted by Crippen LogP contribution is 2.27. The molecule has 13 heteroatoms. The van der Waals surface area contributed by atoms with E-state index in [1.165, 1.54) is 5.43 Å². The molecule has 0 aliphatic heterocycles. The highest BCUT2D eigenvalue weighted by molar-refractivity contribution is 5.46. The van der Waals surface area contributed by atoms with Crippen LogP contribution in [0.1, 0.15) is 18.6 Å². The van der Waals surface area contributed by atoms with Gasteiger partial charge >= 0.3 is 0 Å². The molecule has 3 nitrogen and oxygen atoms in total. The number of aliphatic hydroxyl groups excluding tert-OH is 1. The van der Waals surface area contributed by atoms with Crippen molar-refractivity contribution in [3.05, 3.63) is 63.7 Å². The predicted octanol–water partition coefficient (Wildman–Crippen LogP) is 4.10. The molecule has 0 spiro atoms. The van der Waals surface area contributed by atoms with E-state index in [1.807, 2.05) is 0 Å². The Morgan fingerprint density at radius 2 is 0.852 bits per heavy atom. The van der Waals surface area contributed by atoms with Crippen LogP contribution in [-0.2, 0) is 0 Å². The molecule has 0 saturated heterocycles. The molecule has 2 rings (SSSR count). The molecule has 0 aliphatic carbocycles. The number of nitrogen functional groups attached to an aromatic ring is 1. The molecule has 1 unspecified atom stereocenters. The van der Waals surface area contributed by atoms with E-state index in [2.05, 4.69) is 5.84 Å². The minimum absolute atomic E-state index is 0.901. The summed E-state index contributed by atoms with van der Waals surface area (Å²) in [6.07, 6.45) is -1.76. The minimum atomic E-state index is -2.23. The van der Waals surface area contributed by atoms with Crippen LogP contribution in [0, 0.1) is 58.2 Å². The third kappa shape index (κ3) is 4.08. The Balaban J connectivity index is 0.000000271. The van der Waals surface area contributed by atoms with Gasteiger partial charge in [0.2, 0.25) is 11.6 Å². The van der Waals surface area contributed by atoms with Crippen molar-refractivity contribution < 1.29 is 49.0 Å². The van der Waals surface area contributed by atoms with Crippen LogP contribution in [0.5, 0.6) is 0 Å². The monoisotopic (exact) mass is 410 g/mol. The van der Waals surface area contributed by atoms with Crippen molar-refractivity contribution in [1.82, 2.24) is 0 Å². The van der Waals surface area contributed by atoms with Gasteiger partial charge in [-0.1, -0.05) is 0 Å². The molecule has 0 aliphatic rings. The first-order valence-corrected chi connectivity index (χ1v) is 6.55. The zero-order valence-corrected chi connectivity index (χ0v) is 12.9. The summed E-state index contributed by atoms with van der Waals surface area (Å²) in [6, 6.07) is 0. The lowest BCUT2D eigenvalue weighted by Gasteiger charge is -2.09. The van der Waals surface area contributed by atoms with E-state index >= 15 is 0 Å². The van der Waals surface area contributed by atoms with E-state index < -0.39 is 75.5 Å². The van der Waals surface area contributed by atoms with Crippen molar-refractivity contribution >= 4 is 5.69 Å². The third-order valence-electron chi connectivity index (χ3n) is 3.02. The fraction of sp³-hybridized carbons (Fsp3) is 0.143. The first-order chi connectivity index (χ1) is 12.4. The summed E-state index contributed by atoms with van der Waals surface area (Å²) >= 11 is 0. The summed E-state index contributed by atoms with van der Waals surface area (Å²) in [6.45, 7) is 0.901. The molecule has 2 aromatic rings. The Morgan fingerprint density at radius 1 is 0.593 bits per heavy atom. The van der Waals surface area contributed by atoms with E-state index in [1.54, 1.807) is 0 Å². The van der Waals surface area contributed by atoms with Crippen LogP contribution in [-0.4, -0.2) is 5.11 Å². The first kappa shape index (κ1) is 22.5. The van der Waals surface area contributed by atoms with E-state index in [9.17, 15) is 43.9 Å². The number of benzene rings is 2. The Hall–Kier alpha value is -2.54. The molecule has 0 radical (unpaired) electrons. The fourth-order valence-electron chi connectivity index (χ4n) is 1.72. The van der Waals surface area contributed by atoms with Crippen molar-refractivity contribution in [2.45, 2.75) is 13.0 Å². The molecular formula is C14H8F10N2O. The highest BCUT2D eigenvalue weighted by Gasteiger charge is 2.27. The van der Waals surface area contributed by atoms with Gasteiger partial charge in [-0.2, -0.15) is 0 Å². The minimum Gasteiger partial charge on any atom is -0.388 e. The Kier molecular flexibility index (Phi) is 7.03. The van der Waals surface area contributed by atoms with Gasteiger partial charge in [0.15, 0.2) is 46.5 Å². The molecular weight excluding hydrogens is 402 g/mol. The molecule has 0 bridgehead atoms. The molecule has 0 saturated carbocycles. The second kappa shape index (κ2) is 8.43. The molecule has 1 atom stereocenters.